The molecule has 0 fully saturated rings. The van der Waals surface area contributed by atoms with Gasteiger partial charge in [0.2, 0.25) is 0 Å². The van der Waals surface area contributed by atoms with Crippen molar-refractivity contribution in [1.29, 1.82) is 0 Å². The minimum absolute atomic E-state index is 0.284. The van der Waals surface area contributed by atoms with Crippen LogP contribution in [0.2, 0.25) is 0 Å². The Kier molecular flexibility index (Phi) is 1.24. The maximum Gasteiger partial charge on any atom is 0.151 e. The number of fused-ring (bicyclic) bond motifs is 1. The van der Waals surface area contributed by atoms with Crippen LogP contribution in [0.3, 0.4) is 0 Å². The minimum Gasteiger partial charge on any atom is -0.258 e. The molecule has 1 aromatic rings. The lowest BCUT2D eigenvalue weighted by Crippen LogP contribution is -1.85. The number of nitrogens with zero attached hydrogens (tertiary/aromatic N) is 1. The van der Waals surface area contributed by atoms with Gasteiger partial charge in [0.1, 0.15) is 11.5 Å². The second-order valence-electron chi connectivity index (χ2n) is 2.41. The second-order valence-corrected chi connectivity index (χ2v) is 2.41. The van der Waals surface area contributed by atoms with Gasteiger partial charge in [-0.25, -0.2) is 8.78 Å². The van der Waals surface area contributed by atoms with Crippen molar-refractivity contribution in [2.45, 2.75) is 6.42 Å². The normalized spacial score (nSPS) is 13.6. The zero-order valence-corrected chi connectivity index (χ0v) is 5.64. The molecule has 0 aliphatic carbocycles. The van der Waals surface area contributed by atoms with Gasteiger partial charge < -0.3 is 0 Å². The Morgan fingerprint density at radius 2 is 2.09 bits per heavy atom. The third-order valence-electron chi connectivity index (χ3n) is 1.64. The molecule has 0 spiro atoms. The van der Waals surface area contributed by atoms with E-state index in [4.69, 9.17) is 0 Å². The lowest BCUT2D eigenvalue weighted by Gasteiger charge is -1.97. The van der Waals surface area contributed by atoms with Gasteiger partial charge in [-0.2, -0.15) is 0 Å². The quantitative estimate of drug-likeness (QED) is 0.542. The maximum absolute atomic E-state index is 12.8. The summed E-state index contributed by atoms with van der Waals surface area (Å²) >= 11 is 0. The highest BCUT2D eigenvalue weighted by Gasteiger charge is 2.12. The van der Waals surface area contributed by atoms with E-state index < -0.39 is 11.6 Å². The van der Waals surface area contributed by atoms with Gasteiger partial charge in [-0.1, -0.05) is 0 Å². The topological polar surface area (TPSA) is 12.4 Å². The van der Waals surface area contributed by atoms with Crippen LogP contribution in [0.25, 0.3) is 0 Å². The summed E-state index contributed by atoms with van der Waals surface area (Å²) < 4.78 is 25.3. The molecule has 1 aromatic carbocycles. The molecule has 0 bridgehead atoms. The summed E-state index contributed by atoms with van der Waals surface area (Å²) in [6, 6.07) is 2.16. The van der Waals surface area contributed by atoms with Crippen LogP contribution < -0.4 is 0 Å². The number of hydrogen-bond donors (Lipinski definition) is 0. The fourth-order valence-corrected chi connectivity index (χ4v) is 1.15. The molecule has 0 saturated heterocycles. The van der Waals surface area contributed by atoms with E-state index in [0.29, 0.717) is 12.0 Å². The summed E-state index contributed by atoms with van der Waals surface area (Å²) in [4.78, 5) is 3.77. The summed E-state index contributed by atoms with van der Waals surface area (Å²) in [5, 5.41) is 0. The predicted octanol–water partition coefficient (Wildman–Crippen LogP) is 2.22. The van der Waals surface area contributed by atoms with Gasteiger partial charge in [0.05, 0.1) is 0 Å². The fraction of sp³-hybridized carbons (Fsp3) is 0.125. The molecule has 0 radical (unpaired) electrons. The van der Waals surface area contributed by atoms with Crippen LogP contribution in [-0.4, -0.2) is 6.21 Å². The molecule has 2 rings (SSSR count). The summed E-state index contributed by atoms with van der Waals surface area (Å²) in [6.07, 6.45) is 2.11. The zero-order chi connectivity index (χ0) is 7.84. The highest BCUT2D eigenvalue weighted by molar-refractivity contribution is 5.75. The molecule has 3 heteroatoms. The molecule has 0 N–H and O–H groups in total. The molecular formula is C8H5F2N. The van der Waals surface area contributed by atoms with Gasteiger partial charge in [-0.05, 0) is 11.6 Å². The third-order valence-corrected chi connectivity index (χ3v) is 1.64. The van der Waals surface area contributed by atoms with Crippen LogP contribution in [0.5, 0.6) is 0 Å². The molecule has 1 heterocycles. The highest BCUT2D eigenvalue weighted by atomic mass is 19.1. The van der Waals surface area contributed by atoms with E-state index >= 15 is 0 Å². The van der Waals surface area contributed by atoms with Gasteiger partial charge >= 0.3 is 0 Å². The van der Waals surface area contributed by atoms with Crippen LogP contribution in [0.1, 0.15) is 5.56 Å². The zero-order valence-electron chi connectivity index (χ0n) is 5.64. The van der Waals surface area contributed by atoms with Crippen molar-refractivity contribution in [3.8, 4) is 0 Å². The van der Waals surface area contributed by atoms with Crippen LogP contribution in [0, 0.1) is 11.6 Å². The Bertz CT molecular complexity index is 331. The van der Waals surface area contributed by atoms with Crippen molar-refractivity contribution in [1.82, 2.24) is 0 Å². The smallest absolute Gasteiger partial charge is 0.151 e. The SMILES string of the molecule is Fc1cc(F)c2c(c1)CC=N2. The number of hydrogen-bond acceptors (Lipinski definition) is 1. The standard InChI is InChI=1S/C8H5F2N/c9-6-3-5-1-2-11-8(5)7(10)4-6/h2-4H,1H2. The predicted molar refractivity (Wildman–Crippen MR) is 38.2 cm³/mol. The van der Waals surface area contributed by atoms with Gasteiger partial charge in [-0.3, -0.25) is 4.99 Å². The maximum atomic E-state index is 12.8. The Morgan fingerprint density at radius 3 is 2.91 bits per heavy atom. The first kappa shape index (κ1) is 6.46. The molecular weight excluding hydrogens is 148 g/mol. The van der Waals surface area contributed by atoms with Gasteiger partial charge in [0, 0.05) is 18.7 Å². The lowest BCUT2D eigenvalue weighted by molar-refractivity contribution is 0.583. The molecule has 0 unspecified atom stereocenters. The highest BCUT2D eigenvalue weighted by Crippen LogP contribution is 2.27. The molecule has 0 amide bonds. The average Bonchev–Trinajstić information content (AvgIpc) is 2.34. The van der Waals surface area contributed by atoms with Gasteiger partial charge in [0.15, 0.2) is 5.82 Å². The first-order chi connectivity index (χ1) is 5.27. The molecule has 1 aliphatic heterocycles. The summed E-state index contributed by atoms with van der Waals surface area (Å²) in [5.41, 5.74) is 0.911. The van der Waals surface area contributed by atoms with Crippen LogP contribution in [0.4, 0.5) is 14.5 Å². The monoisotopic (exact) mass is 153 g/mol. The number of rotatable bonds is 0. The van der Waals surface area contributed by atoms with Crippen molar-refractivity contribution in [2.75, 3.05) is 0 Å². The Hall–Kier alpha value is -1.25. The number of halogens is 2. The first-order valence-corrected chi connectivity index (χ1v) is 3.28. The molecule has 0 aromatic heterocycles. The largest absolute Gasteiger partial charge is 0.258 e. The molecule has 1 nitrogen and oxygen atoms in total. The van der Waals surface area contributed by atoms with Crippen molar-refractivity contribution in [3.63, 3.8) is 0 Å². The van der Waals surface area contributed by atoms with E-state index in [-0.39, 0.29) is 5.69 Å². The first-order valence-electron chi connectivity index (χ1n) is 3.28. The Balaban J connectivity index is 2.67. The van der Waals surface area contributed by atoms with E-state index in [1.165, 1.54) is 6.07 Å². The molecule has 56 valence electrons. The summed E-state index contributed by atoms with van der Waals surface area (Å²) in [7, 11) is 0. The minimum atomic E-state index is -0.575. The van der Waals surface area contributed by atoms with E-state index in [1.54, 1.807) is 6.21 Å². The average molecular weight is 153 g/mol. The van der Waals surface area contributed by atoms with E-state index in [0.717, 1.165) is 6.07 Å². The van der Waals surface area contributed by atoms with Crippen LogP contribution >= 0.6 is 0 Å². The Labute approximate surface area is 62.4 Å². The van der Waals surface area contributed by atoms with Crippen LogP contribution in [0.15, 0.2) is 17.1 Å². The number of benzene rings is 1. The van der Waals surface area contributed by atoms with E-state index in [9.17, 15) is 8.78 Å². The van der Waals surface area contributed by atoms with Crippen molar-refractivity contribution in [3.05, 3.63) is 29.3 Å². The molecule has 11 heavy (non-hydrogen) atoms. The molecule has 0 atom stereocenters. The Morgan fingerprint density at radius 1 is 1.27 bits per heavy atom. The van der Waals surface area contributed by atoms with Crippen molar-refractivity contribution >= 4 is 11.9 Å². The third kappa shape index (κ3) is 0.926. The van der Waals surface area contributed by atoms with Gasteiger partial charge in [0.25, 0.3) is 0 Å². The van der Waals surface area contributed by atoms with E-state index in [2.05, 4.69) is 4.99 Å². The number of aliphatic imine (C=N–C) groups is 1. The van der Waals surface area contributed by atoms with Crippen molar-refractivity contribution < 1.29 is 8.78 Å². The fourth-order valence-electron chi connectivity index (χ4n) is 1.15. The molecule has 1 aliphatic rings. The summed E-state index contributed by atoms with van der Waals surface area (Å²) in [6.45, 7) is 0. The van der Waals surface area contributed by atoms with Crippen LogP contribution in [-0.2, 0) is 6.42 Å². The second kappa shape index (κ2) is 2.12. The van der Waals surface area contributed by atoms with E-state index in [1.807, 2.05) is 0 Å². The van der Waals surface area contributed by atoms with Gasteiger partial charge in [-0.15, -0.1) is 0 Å². The summed E-state index contributed by atoms with van der Waals surface area (Å²) in [5.74, 6) is -1.11. The molecule has 0 saturated carbocycles. The lowest BCUT2D eigenvalue weighted by atomic mass is 10.1. The van der Waals surface area contributed by atoms with Crippen molar-refractivity contribution in [2.24, 2.45) is 4.99 Å².